The summed E-state index contributed by atoms with van der Waals surface area (Å²) in [7, 11) is 2.13. The Labute approximate surface area is 119 Å². The van der Waals surface area contributed by atoms with E-state index in [1.54, 1.807) is 11.3 Å². The summed E-state index contributed by atoms with van der Waals surface area (Å²) < 4.78 is 1.96. The number of rotatable bonds is 5. The van der Waals surface area contributed by atoms with Crippen LogP contribution in [0.2, 0.25) is 0 Å². The van der Waals surface area contributed by atoms with E-state index >= 15 is 0 Å². The van der Waals surface area contributed by atoms with Crippen molar-refractivity contribution in [3.63, 3.8) is 0 Å². The first kappa shape index (κ1) is 14.2. The van der Waals surface area contributed by atoms with E-state index in [1.165, 1.54) is 10.6 Å². The number of hydrogen-bond donors (Lipinski definition) is 0. The molecule has 1 atom stereocenters. The van der Waals surface area contributed by atoms with Crippen LogP contribution in [0.15, 0.2) is 12.3 Å². The highest BCUT2D eigenvalue weighted by Crippen LogP contribution is 2.26. The van der Waals surface area contributed by atoms with Crippen molar-refractivity contribution in [2.45, 2.75) is 46.8 Å². The first-order chi connectivity index (χ1) is 9.01. The van der Waals surface area contributed by atoms with Crippen LogP contribution in [0.5, 0.6) is 0 Å². The van der Waals surface area contributed by atoms with E-state index < -0.39 is 0 Å². The number of aromatic nitrogens is 3. The van der Waals surface area contributed by atoms with Crippen LogP contribution in [-0.2, 0) is 13.1 Å². The molecule has 19 heavy (non-hydrogen) atoms. The smallest absolute Gasteiger partial charge is 0.0900 e. The third-order valence-corrected chi connectivity index (χ3v) is 4.33. The molecule has 0 aliphatic heterocycles. The minimum atomic E-state index is 0.316. The predicted octanol–water partition coefficient (Wildman–Crippen LogP) is 3.17. The monoisotopic (exact) mass is 278 g/mol. The molecule has 2 aromatic rings. The Morgan fingerprint density at radius 2 is 2.16 bits per heavy atom. The quantitative estimate of drug-likeness (QED) is 0.842. The Kier molecular flexibility index (Phi) is 4.37. The molecule has 0 aliphatic carbocycles. The van der Waals surface area contributed by atoms with Crippen LogP contribution in [0.3, 0.4) is 0 Å². The summed E-state index contributed by atoms with van der Waals surface area (Å²) in [5.41, 5.74) is 2.31. The maximum atomic E-state index is 4.65. The largest absolute Gasteiger partial charge is 0.292 e. The van der Waals surface area contributed by atoms with E-state index in [-0.39, 0.29) is 0 Å². The van der Waals surface area contributed by atoms with E-state index in [0.29, 0.717) is 6.04 Å². The molecule has 4 nitrogen and oxygen atoms in total. The molecule has 1 unspecified atom stereocenters. The second kappa shape index (κ2) is 5.84. The van der Waals surface area contributed by atoms with E-state index in [9.17, 15) is 0 Å². The molecular weight excluding hydrogens is 256 g/mol. The predicted molar refractivity (Wildman–Crippen MR) is 79.4 cm³/mol. The molecule has 0 saturated heterocycles. The lowest BCUT2D eigenvalue weighted by Crippen LogP contribution is -2.23. The number of hydrogen-bond acceptors (Lipinski definition) is 4. The Morgan fingerprint density at radius 3 is 2.68 bits per heavy atom. The molecule has 0 bridgehead atoms. The number of nitrogens with zero attached hydrogens (tertiary/aromatic N) is 4. The van der Waals surface area contributed by atoms with E-state index in [1.807, 2.05) is 10.9 Å². The van der Waals surface area contributed by atoms with Gasteiger partial charge in [0.15, 0.2) is 0 Å². The molecule has 0 fully saturated rings. The van der Waals surface area contributed by atoms with Gasteiger partial charge in [-0.05, 0) is 40.8 Å². The van der Waals surface area contributed by atoms with Gasteiger partial charge in [0.1, 0.15) is 0 Å². The maximum absolute atomic E-state index is 4.65. The van der Waals surface area contributed by atoms with E-state index in [4.69, 9.17) is 0 Å². The molecule has 0 saturated carbocycles. The first-order valence-electron chi connectivity index (χ1n) is 6.67. The molecule has 2 heterocycles. The van der Waals surface area contributed by atoms with Gasteiger partial charge in [-0.1, -0.05) is 0 Å². The van der Waals surface area contributed by atoms with Crippen molar-refractivity contribution in [1.29, 1.82) is 0 Å². The molecule has 2 aromatic heterocycles. The maximum Gasteiger partial charge on any atom is 0.0900 e. The third kappa shape index (κ3) is 3.22. The van der Waals surface area contributed by atoms with E-state index in [2.05, 4.69) is 55.8 Å². The molecule has 0 amide bonds. The lowest BCUT2D eigenvalue weighted by molar-refractivity contribution is 0.245. The van der Waals surface area contributed by atoms with E-state index in [0.717, 1.165) is 23.8 Å². The second-order valence-corrected chi connectivity index (χ2v) is 6.34. The van der Waals surface area contributed by atoms with Crippen LogP contribution in [-0.4, -0.2) is 26.7 Å². The van der Waals surface area contributed by atoms with Crippen molar-refractivity contribution < 1.29 is 0 Å². The summed E-state index contributed by atoms with van der Waals surface area (Å²) in [6, 6.07) is 2.41. The zero-order valence-corrected chi connectivity index (χ0v) is 13.2. The van der Waals surface area contributed by atoms with Crippen LogP contribution >= 0.6 is 11.3 Å². The molecule has 0 aliphatic rings. The number of aryl methyl sites for hydroxylation is 3. The summed E-state index contributed by atoms with van der Waals surface area (Å²) in [5.74, 6) is 0. The van der Waals surface area contributed by atoms with Crippen LogP contribution in [0.25, 0.3) is 0 Å². The fourth-order valence-corrected chi connectivity index (χ4v) is 3.11. The summed E-state index contributed by atoms with van der Waals surface area (Å²) in [5, 5.41) is 5.67. The van der Waals surface area contributed by atoms with Gasteiger partial charge in [0.25, 0.3) is 0 Å². The average molecular weight is 278 g/mol. The highest BCUT2D eigenvalue weighted by atomic mass is 32.1. The fraction of sp³-hybridized carbons (Fsp3) is 0.571. The zero-order chi connectivity index (χ0) is 14.0. The van der Waals surface area contributed by atoms with Crippen molar-refractivity contribution in [3.05, 3.63) is 33.5 Å². The molecule has 0 N–H and O–H groups in total. The molecule has 104 valence electrons. The topological polar surface area (TPSA) is 34.0 Å². The van der Waals surface area contributed by atoms with Crippen LogP contribution < -0.4 is 0 Å². The molecule has 5 heteroatoms. The fourth-order valence-electron chi connectivity index (χ4n) is 2.20. The molecule has 0 aromatic carbocycles. The Morgan fingerprint density at radius 1 is 1.42 bits per heavy atom. The standard InChI is InChI=1S/C14H22N4S/c1-6-18-8-7-13(16-18)9-17(5)10(2)14-11(3)19-12(4)15-14/h7-8,10H,6,9H2,1-5H3. The van der Waals surface area contributed by atoms with Gasteiger partial charge in [0, 0.05) is 24.2 Å². The molecule has 0 spiro atoms. The van der Waals surface area contributed by atoms with Gasteiger partial charge in [-0.15, -0.1) is 11.3 Å². The van der Waals surface area contributed by atoms with Gasteiger partial charge >= 0.3 is 0 Å². The minimum Gasteiger partial charge on any atom is -0.292 e. The highest BCUT2D eigenvalue weighted by Gasteiger charge is 2.18. The Bertz CT molecular complexity index is 543. The average Bonchev–Trinajstić information content (AvgIpc) is 2.94. The first-order valence-corrected chi connectivity index (χ1v) is 7.49. The van der Waals surface area contributed by atoms with Crippen LogP contribution in [0, 0.1) is 13.8 Å². The van der Waals surface area contributed by atoms with Gasteiger partial charge < -0.3 is 0 Å². The van der Waals surface area contributed by atoms with Crippen molar-refractivity contribution >= 4 is 11.3 Å². The Balaban J connectivity index is 2.06. The summed E-state index contributed by atoms with van der Waals surface area (Å²) >= 11 is 1.77. The molecule has 0 radical (unpaired) electrons. The third-order valence-electron chi connectivity index (χ3n) is 3.43. The molecule has 2 rings (SSSR count). The second-order valence-electron chi connectivity index (χ2n) is 4.93. The summed E-state index contributed by atoms with van der Waals surface area (Å²) in [4.78, 5) is 8.26. The van der Waals surface area contributed by atoms with Crippen molar-refractivity contribution in [3.8, 4) is 0 Å². The van der Waals surface area contributed by atoms with Crippen molar-refractivity contribution in [2.24, 2.45) is 0 Å². The lowest BCUT2D eigenvalue weighted by atomic mass is 10.2. The Hall–Kier alpha value is -1.20. The zero-order valence-electron chi connectivity index (χ0n) is 12.3. The minimum absolute atomic E-state index is 0.316. The van der Waals surface area contributed by atoms with Gasteiger partial charge in [-0.25, -0.2) is 4.98 Å². The SMILES string of the molecule is CCn1ccc(CN(C)C(C)c2nc(C)sc2C)n1. The highest BCUT2D eigenvalue weighted by molar-refractivity contribution is 7.11. The lowest BCUT2D eigenvalue weighted by Gasteiger charge is -2.23. The van der Waals surface area contributed by atoms with Gasteiger partial charge in [-0.3, -0.25) is 9.58 Å². The van der Waals surface area contributed by atoms with Gasteiger partial charge in [0.05, 0.1) is 22.4 Å². The normalized spacial score (nSPS) is 13.2. The summed E-state index contributed by atoms with van der Waals surface area (Å²) in [6.07, 6.45) is 2.03. The van der Waals surface area contributed by atoms with Crippen LogP contribution in [0.4, 0.5) is 0 Å². The van der Waals surface area contributed by atoms with Gasteiger partial charge in [0.2, 0.25) is 0 Å². The van der Waals surface area contributed by atoms with Crippen LogP contribution in [0.1, 0.15) is 41.2 Å². The number of thiazole rings is 1. The molecular formula is C14H22N4S. The van der Waals surface area contributed by atoms with Gasteiger partial charge in [-0.2, -0.15) is 5.10 Å². The van der Waals surface area contributed by atoms with Crippen molar-refractivity contribution in [1.82, 2.24) is 19.7 Å². The van der Waals surface area contributed by atoms with Crippen molar-refractivity contribution in [2.75, 3.05) is 7.05 Å². The summed E-state index contributed by atoms with van der Waals surface area (Å²) in [6.45, 7) is 10.3.